The van der Waals surface area contributed by atoms with Crippen LogP contribution in [0, 0.1) is 17.0 Å². The molecule has 0 aliphatic heterocycles. The number of benzene rings is 1. The van der Waals surface area contributed by atoms with Crippen LogP contribution in [-0.2, 0) is 6.54 Å². The third kappa shape index (κ3) is 3.48. The number of para-hydroxylation sites is 1. The van der Waals surface area contributed by atoms with Gasteiger partial charge in [0.25, 0.3) is 5.69 Å². The second-order valence-electron chi connectivity index (χ2n) is 4.17. The molecule has 2 aromatic rings. The second kappa shape index (κ2) is 6.91. The van der Waals surface area contributed by atoms with E-state index in [0.29, 0.717) is 0 Å². The molecule has 6 heteroatoms. The molecule has 0 bridgehead atoms. The number of aryl methyl sites for hydroxylation is 1. The lowest BCUT2D eigenvalue weighted by atomic mass is 10.1. The molecule has 0 unspecified atom stereocenters. The number of nitro groups is 1. The van der Waals surface area contributed by atoms with Gasteiger partial charge in [0.2, 0.25) is 12.3 Å². The zero-order valence-electron chi connectivity index (χ0n) is 10.9. The Morgan fingerprint density at radius 2 is 1.85 bits per heavy atom. The number of ketones is 1. The summed E-state index contributed by atoms with van der Waals surface area (Å²) in [7, 11) is 0. The van der Waals surface area contributed by atoms with Gasteiger partial charge in [-0.3, -0.25) is 14.9 Å². The number of hydrogen-bond acceptors (Lipinski definition) is 3. The quantitative estimate of drug-likeness (QED) is 0.373. The molecule has 20 heavy (non-hydrogen) atoms. The summed E-state index contributed by atoms with van der Waals surface area (Å²) < 4.78 is 1.76. The third-order valence-electron chi connectivity index (χ3n) is 2.88. The van der Waals surface area contributed by atoms with E-state index < -0.39 is 4.92 Å². The molecule has 0 fully saturated rings. The van der Waals surface area contributed by atoms with Crippen molar-refractivity contribution in [2.75, 3.05) is 0 Å². The van der Waals surface area contributed by atoms with Crippen LogP contribution in [0.3, 0.4) is 0 Å². The SMILES string of the molecule is Br.Cc1cccc[n+]1CC(=O)c1ccccc1[N+](=O)[O-]. The van der Waals surface area contributed by atoms with E-state index in [0.717, 1.165) is 5.69 Å². The fourth-order valence-electron chi connectivity index (χ4n) is 1.85. The van der Waals surface area contributed by atoms with Crippen molar-refractivity contribution in [2.45, 2.75) is 13.5 Å². The summed E-state index contributed by atoms with van der Waals surface area (Å²) in [6, 6.07) is 11.6. The summed E-state index contributed by atoms with van der Waals surface area (Å²) in [4.78, 5) is 22.5. The standard InChI is InChI=1S/C14H13N2O3.BrH/c1-11-6-4-5-9-15(11)10-14(17)12-7-2-3-8-13(12)16(18)19;/h2-9H,10H2,1H3;1H/q+1;. The molecule has 0 atom stereocenters. The van der Waals surface area contributed by atoms with E-state index in [9.17, 15) is 14.9 Å². The highest BCUT2D eigenvalue weighted by molar-refractivity contribution is 8.93. The van der Waals surface area contributed by atoms with E-state index in [4.69, 9.17) is 0 Å². The average molecular weight is 338 g/mol. The van der Waals surface area contributed by atoms with Crippen LogP contribution in [0.15, 0.2) is 48.7 Å². The summed E-state index contributed by atoms with van der Waals surface area (Å²) >= 11 is 0. The van der Waals surface area contributed by atoms with Crippen molar-refractivity contribution in [3.8, 4) is 0 Å². The van der Waals surface area contributed by atoms with E-state index >= 15 is 0 Å². The number of nitro benzene ring substituents is 1. The molecule has 1 heterocycles. The molecule has 0 aliphatic carbocycles. The summed E-state index contributed by atoms with van der Waals surface area (Å²) in [5.41, 5.74) is 0.916. The monoisotopic (exact) mass is 337 g/mol. The van der Waals surface area contributed by atoms with Crippen LogP contribution in [-0.4, -0.2) is 10.7 Å². The van der Waals surface area contributed by atoms with E-state index in [-0.39, 0.29) is 40.6 Å². The molecule has 5 nitrogen and oxygen atoms in total. The summed E-state index contributed by atoms with van der Waals surface area (Å²) in [5.74, 6) is -0.272. The first-order valence-electron chi connectivity index (χ1n) is 5.81. The minimum Gasteiger partial charge on any atom is -0.287 e. The van der Waals surface area contributed by atoms with Gasteiger partial charge >= 0.3 is 0 Å². The van der Waals surface area contributed by atoms with Gasteiger partial charge in [-0.2, -0.15) is 4.57 Å². The Hall–Kier alpha value is -2.08. The normalized spacial score (nSPS) is 9.65. The van der Waals surface area contributed by atoms with Crippen molar-refractivity contribution < 1.29 is 14.3 Å². The predicted molar refractivity (Wildman–Crippen MR) is 79.1 cm³/mol. The molecular weight excluding hydrogens is 324 g/mol. The van der Waals surface area contributed by atoms with E-state index in [1.807, 2.05) is 25.1 Å². The lowest BCUT2D eigenvalue weighted by Crippen LogP contribution is -2.40. The van der Waals surface area contributed by atoms with Crippen molar-refractivity contribution >= 4 is 28.5 Å². The van der Waals surface area contributed by atoms with Crippen LogP contribution >= 0.6 is 17.0 Å². The highest BCUT2D eigenvalue weighted by Crippen LogP contribution is 2.18. The van der Waals surface area contributed by atoms with Crippen molar-refractivity contribution in [2.24, 2.45) is 0 Å². The molecule has 0 spiro atoms. The number of Topliss-reactive ketones (excluding diaryl/α,β-unsaturated/α-hetero) is 1. The maximum atomic E-state index is 12.2. The first kappa shape index (κ1) is 16.0. The molecule has 1 aromatic carbocycles. The van der Waals surface area contributed by atoms with Gasteiger partial charge in [-0.25, -0.2) is 0 Å². The molecule has 0 radical (unpaired) electrons. The van der Waals surface area contributed by atoms with Crippen molar-refractivity contribution in [1.82, 2.24) is 0 Å². The number of nitrogens with zero attached hydrogens (tertiary/aromatic N) is 2. The van der Waals surface area contributed by atoms with E-state index in [2.05, 4.69) is 0 Å². The summed E-state index contributed by atoms with van der Waals surface area (Å²) in [6.07, 6.45) is 1.78. The second-order valence-corrected chi connectivity index (χ2v) is 4.17. The molecule has 0 saturated carbocycles. The molecule has 104 valence electrons. The van der Waals surface area contributed by atoms with Crippen LogP contribution in [0.25, 0.3) is 0 Å². The van der Waals surface area contributed by atoms with Crippen LogP contribution < -0.4 is 4.57 Å². The number of carbonyl (C=O) groups excluding carboxylic acids is 1. The predicted octanol–water partition coefficient (Wildman–Crippen LogP) is 2.65. The van der Waals surface area contributed by atoms with Crippen molar-refractivity contribution in [1.29, 1.82) is 0 Å². The Kier molecular flexibility index (Phi) is 5.52. The maximum Gasteiger partial charge on any atom is 0.280 e. The Morgan fingerprint density at radius 3 is 2.50 bits per heavy atom. The number of carbonyl (C=O) groups is 1. The van der Waals surface area contributed by atoms with Gasteiger partial charge in [0.1, 0.15) is 5.56 Å². The summed E-state index contributed by atoms with van der Waals surface area (Å²) in [5, 5.41) is 10.9. The van der Waals surface area contributed by atoms with Gasteiger partial charge in [0, 0.05) is 25.1 Å². The topological polar surface area (TPSA) is 64.1 Å². The van der Waals surface area contributed by atoms with Gasteiger partial charge in [0.05, 0.1) is 4.92 Å². The number of aromatic nitrogens is 1. The van der Waals surface area contributed by atoms with Crippen molar-refractivity contribution in [3.05, 3.63) is 70.0 Å². The molecule has 0 amide bonds. The number of halogens is 1. The fourth-order valence-corrected chi connectivity index (χ4v) is 1.85. The molecule has 0 saturated heterocycles. The number of pyridine rings is 1. The van der Waals surface area contributed by atoms with Gasteiger partial charge in [0.15, 0.2) is 11.9 Å². The zero-order chi connectivity index (χ0) is 13.8. The lowest BCUT2D eigenvalue weighted by molar-refractivity contribution is -0.689. The average Bonchev–Trinajstić information content (AvgIpc) is 2.41. The van der Waals surface area contributed by atoms with E-state index in [1.54, 1.807) is 22.9 Å². The Morgan fingerprint density at radius 1 is 1.20 bits per heavy atom. The Bertz CT molecular complexity index is 644. The minimum absolute atomic E-state index is 0. The van der Waals surface area contributed by atoms with Crippen LogP contribution in [0.5, 0.6) is 0 Å². The smallest absolute Gasteiger partial charge is 0.280 e. The largest absolute Gasteiger partial charge is 0.287 e. The molecule has 1 aromatic heterocycles. The van der Waals surface area contributed by atoms with Crippen LogP contribution in [0.2, 0.25) is 0 Å². The Labute approximate surface area is 126 Å². The first-order chi connectivity index (χ1) is 9.09. The Balaban J connectivity index is 0.00000200. The van der Waals surface area contributed by atoms with E-state index in [1.165, 1.54) is 12.1 Å². The first-order valence-corrected chi connectivity index (χ1v) is 5.81. The van der Waals surface area contributed by atoms with Crippen molar-refractivity contribution in [3.63, 3.8) is 0 Å². The lowest BCUT2D eigenvalue weighted by Gasteiger charge is -2.01. The molecular formula is C14H14BrN2O3+. The highest BCUT2D eigenvalue weighted by Gasteiger charge is 2.22. The maximum absolute atomic E-state index is 12.2. The van der Waals surface area contributed by atoms with Gasteiger partial charge in [-0.1, -0.05) is 18.2 Å². The molecule has 0 aliphatic rings. The van der Waals surface area contributed by atoms with Gasteiger partial charge in [-0.05, 0) is 6.07 Å². The van der Waals surface area contributed by atoms with Crippen LogP contribution in [0.1, 0.15) is 16.1 Å². The zero-order valence-corrected chi connectivity index (χ0v) is 12.6. The summed E-state index contributed by atoms with van der Waals surface area (Å²) in [6.45, 7) is 1.98. The van der Waals surface area contributed by atoms with Gasteiger partial charge in [-0.15, -0.1) is 17.0 Å². The van der Waals surface area contributed by atoms with Crippen LogP contribution in [0.4, 0.5) is 5.69 Å². The third-order valence-corrected chi connectivity index (χ3v) is 2.88. The highest BCUT2D eigenvalue weighted by atomic mass is 79.9. The fraction of sp³-hybridized carbons (Fsp3) is 0.143. The molecule has 0 N–H and O–H groups in total. The molecule has 2 rings (SSSR count). The minimum atomic E-state index is -0.532. The van der Waals surface area contributed by atoms with Gasteiger partial charge < -0.3 is 0 Å². The number of hydrogen-bond donors (Lipinski definition) is 0. The number of rotatable bonds is 4.